The Hall–Kier alpha value is -6.85. The van der Waals surface area contributed by atoms with Gasteiger partial charge in [0, 0.05) is 43.9 Å². The van der Waals surface area contributed by atoms with E-state index in [1.807, 2.05) is 66.7 Å². The first-order valence-corrected chi connectivity index (χ1v) is 16.3. The van der Waals surface area contributed by atoms with Crippen molar-refractivity contribution in [3.05, 3.63) is 170 Å². The van der Waals surface area contributed by atoms with E-state index in [2.05, 4.69) is 82.3 Å². The Labute approximate surface area is 294 Å². The number of hydrogen-bond donors (Lipinski definition) is 0. The van der Waals surface area contributed by atoms with Gasteiger partial charge in [-0.15, -0.1) is 0 Å². The predicted molar refractivity (Wildman–Crippen MR) is 203 cm³/mol. The number of benzene rings is 7. The molecule has 50 heavy (non-hydrogen) atoms. The van der Waals surface area contributed by atoms with Crippen LogP contribution in [0.25, 0.3) is 94.7 Å². The minimum absolute atomic E-state index is 0.0124. The Morgan fingerprint density at radius 3 is 1.94 bits per heavy atom. The lowest BCUT2D eigenvalue weighted by Gasteiger charge is -2.09. The van der Waals surface area contributed by atoms with E-state index in [1.54, 1.807) is 0 Å². The smallest absolute Gasteiger partial charge is 0.164 e. The third-order valence-electron chi connectivity index (χ3n) is 9.14. The van der Waals surface area contributed by atoms with E-state index in [-0.39, 0.29) is 23.5 Å². The zero-order chi connectivity index (χ0) is 37.4. The normalized spacial score (nSPS) is 13.0. The Bertz CT molecular complexity index is 3130. The molecule has 3 heterocycles. The fourth-order valence-electron chi connectivity index (χ4n) is 6.90. The lowest BCUT2D eigenvalue weighted by Crippen LogP contribution is -2.00. The van der Waals surface area contributed by atoms with Crippen LogP contribution in [0, 0.1) is 0 Å². The third-order valence-corrected chi connectivity index (χ3v) is 9.14. The molecule has 0 aliphatic rings. The second kappa shape index (κ2) is 11.4. The minimum atomic E-state index is -0.481. The summed E-state index contributed by atoms with van der Waals surface area (Å²) in [5.41, 5.74) is 8.07. The van der Waals surface area contributed by atoms with E-state index < -0.39 is 18.1 Å². The molecular formula is C45H28N4O. The van der Waals surface area contributed by atoms with Crippen LogP contribution >= 0.6 is 0 Å². The zero-order valence-corrected chi connectivity index (χ0v) is 26.5. The van der Waals surface area contributed by atoms with Crippen molar-refractivity contribution in [2.45, 2.75) is 0 Å². The summed E-state index contributed by atoms with van der Waals surface area (Å²) in [6.07, 6.45) is 0. The first-order valence-electron chi connectivity index (χ1n) is 18.8. The molecule has 0 bridgehead atoms. The van der Waals surface area contributed by atoms with Gasteiger partial charge in [-0.3, -0.25) is 0 Å². The molecule has 5 nitrogen and oxygen atoms in total. The molecule has 234 valence electrons. The van der Waals surface area contributed by atoms with Crippen molar-refractivity contribution in [2.24, 2.45) is 0 Å². The highest BCUT2D eigenvalue weighted by molar-refractivity contribution is 6.15. The topological polar surface area (TPSA) is 56.7 Å². The number of para-hydroxylation sites is 2. The number of aromatic nitrogens is 4. The van der Waals surface area contributed by atoms with E-state index in [0.29, 0.717) is 28.4 Å². The van der Waals surface area contributed by atoms with Crippen LogP contribution in [0.4, 0.5) is 0 Å². The minimum Gasteiger partial charge on any atom is -0.456 e. The number of hydrogen-bond acceptors (Lipinski definition) is 4. The largest absolute Gasteiger partial charge is 0.456 e. The Kier molecular flexibility index (Phi) is 5.35. The molecule has 0 fully saturated rings. The van der Waals surface area contributed by atoms with Gasteiger partial charge in [-0.05, 0) is 65.7 Å². The van der Waals surface area contributed by atoms with Gasteiger partial charge in [0.05, 0.1) is 17.9 Å². The van der Waals surface area contributed by atoms with E-state index in [9.17, 15) is 0 Å². The van der Waals surface area contributed by atoms with E-state index in [0.717, 1.165) is 55.0 Å². The number of furan rings is 1. The highest BCUT2D eigenvalue weighted by atomic mass is 16.3. The van der Waals surface area contributed by atoms with Gasteiger partial charge in [0.2, 0.25) is 0 Å². The quantitative estimate of drug-likeness (QED) is 0.187. The Morgan fingerprint density at radius 1 is 0.460 bits per heavy atom. The fourth-order valence-corrected chi connectivity index (χ4v) is 6.90. The second-order valence-electron chi connectivity index (χ2n) is 12.1. The van der Waals surface area contributed by atoms with Crippen LogP contribution < -0.4 is 0 Å². The lowest BCUT2D eigenvalue weighted by atomic mass is 9.97. The molecule has 0 N–H and O–H groups in total. The first kappa shape index (κ1) is 23.5. The second-order valence-corrected chi connectivity index (χ2v) is 12.1. The van der Waals surface area contributed by atoms with Gasteiger partial charge < -0.3 is 8.98 Å². The summed E-state index contributed by atoms with van der Waals surface area (Å²) in [4.78, 5) is 14.3. The lowest BCUT2D eigenvalue weighted by molar-refractivity contribution is 0.669. The fraction of sp³-hybridized carbons (Fsp3) is 0. The monoisotopic (exact) mass is 645 g/mol. The van der Waals surface area contributed by atoms with Gasteiger partial charge >= 0.3 is 0 Å². The molecule has 0 aliphatic carbocycles. The summed E-state index contributed by atoms with van der Waals surface area (Å²) in [5.74, 6) is 0.592. The van der Waals surface area contributed by atoms with Gasteiger partial charge in [0.15, 0.2) is 17.5 Å². The molecule has 0 amide bonds. The maximum absolute atomic E-state index is 8.66. The highest BCUT2D eigenvalue weighted by Gasteiger charge is 2.18. The Morgan fingerprint density at radius 2 is 1.12 bits per heavy atom. The van der Waals surface area contributed by atoms with Crippen molar-refractivity contribution in [1.29, 1.82) is 0 Å². The highest BCUT2D eigenvalue weighted by Crippen LogP contribution is 2.41. The summed E-state index contributed by atoms with van der Waals surface area (Å²) in [6.45, 7) is 0. The molecule has 3 aromatic heterocycles. The van der Waals surface area contributed by atoms with Gasteiger partial charge in [-0.1, -0.05) is 115 Å². The van der Waals surface area contributed by atoms with Crippen LogP contribution in [0.3, 0.4) is 0 Å². The van der Waals surface area contributed by atoms with Crippen LogP contribution in [0.2, 0.25) is 0 Å². The summed E-state index contributed by atoms with van der Waals surface area (Å²) in [6, 6.07) is 44.4. The van der Waals surface area contributed by atoms with Crippen molar-refractivity contribution < 1.29 is 11.3 Å². The standard InChI is InChI=1S/C45H28N4O/c1-4-13-29(14-5-1)43-46-44(30-15-6-2-7-16-30)48-45(47-43)32-24-26-40-37(28-32)42-34(20-12-22-41(42)50-40)31-23-25-39-36(27-31)35-19-10-11-21-38(35)49(39)33-17-8-3-9-18-33/h1-28H/i1D,4D,5D,13D,14D. The number of rotatable bonds is 5. The molecule has 10 aromatic rings. The number of fused-ring (bicyclic) bond motifs is 6. The summed E-state index contributed by atoms with van der Waals surface area (Å²) in [5, 5.41) is 4.10. The first-order chi connectivity index (χ1) is 26.9. The maximum Gasteiger partial charge on any atom is 0.164 e. The van der Waals surface area contributed by atoms with Crippen LogP contribution in [0.15, 0.2) is 174 Å². The maximum atomic E-state index is 8.66. The van der Waals surface area contributed by atoms with E-state index in [4.69, 9.17) is 21.2 Å². The zero-order valence-electron chi connectivity index (χ0n) is 31.5. The summed E-state index contributed by atoms with van der Waals surface area (Å²) >= 11 is 0. The molecular weight excluding hydrogens is 613 g/mol. The van der Waals surface area contributed by atoms with E-state index >= 15 is 0 Å². The molecule has 0 spiro atoms. The van der Waals surface area contributed by atoms with Crippen molar-refractivity contribution in [2.75, 3.05) is 0 Å². The molecule has 0 saturated heterocycles. The molecule has 0 aliphatic heterocycles. The molecule has 7 aromatic carbocycles. The van der Waals surface area contributed by atoms with Crippen molar-refractivity contribution >= 4 is 43.7 Å². The average Bonchev–Trinajstić information content (AvgIpc) is 3.78. The molecule has 10 rings (SSSR count). The van der Waals surface area contributed by atoms with Crippen LogP contribution in [0.5, 0.6) is 0 Å². The predicted octanol–water partition coefficient (Wildman–Crippen LogP) is 11.5. The van der Waals surface area contributed by atoms with Gasteiger partial charge in [-0.25, -0.2) is 15.0 Å². The van der Waals surface area contributed by atoms with Crippen molar-refractivity contribution in [3.63, 3.8) is 0 Å². The van der Waals surface area contributed by atoms with Crippen LogP contribution in [-0.4, -0.2) is 19.5 Å². The van der Waals surface area contributed by atoms with Crippen molar-refractivity contribution in [1.82, 2.24) is 19.5 Å². The summed E-state index contributed by atoms with van der Waals surface area (Å²) in [7, 11) is 0. The van der Waals surface area contributed by atoms with Crippen LogP contribution in [-0.2, 0) is 0 Å². The summed E-state index contributed by atoms with van der Waals surface area (Å²) < 4.78 is 50.7. The van der Waals surface area contributed by atoms with Crippen LogP contribution in [0.1, 0.15) is 6.85 Å². The van der Waals surface area contributed by atoms with Crippen molar-refractivity contribution in [3.8, 4) is 51.0 Å². The van der Waals surface area contributed by atoms with Gasteiger partial charge in [-0.2, -0.15) is 0 Å². The molecule has 0 radical (unpaired) electrons. The average molecular weight is 646 g/mol. The molecule has 0 unspecified atom stereocenters. The molecule has 5 heteroatoms. The molecule has 0 atom stereocenters. The van der Waals surface area contributed by atoms with Gasteiger partial charge in [0.25, 0.3) is 0 Å². The Balaban J connectivity index is 1.18. The third kappa shape index (κ3) is 4.60. The number of nitrogens with zero attached hydrogens (tertiary/aromatic N) is 4. The van der Waals surface area contributed by atoms with E-state index in [1.165, 1.54) is 0 Å². The van der Waals surface area contributed by atoms with Gasteiger partial charge in [0.1, 0.15) is 11.2 Å². The SMILES string of the molecule is [2H]c1c([2H])c([2H])c(-c2nc(-c3ccccc3)nc(-c3ccc4oc5cccc(-c6ccc7c(c6)c6ccccc6n7-c6ccccc6)c5c4c3)n2)c([2H])c1[2H]. The molecule has 0 saturated carbocycles.